The first kappa shape index (κ1) is 16.2. The van der Waals surface area contributed by atoms with Crippen LogP contribution < -0.4 is 0 Å². The molecule has 1 aromatic carbocycles. The molecule has 0 aliphatic heterocycles. The highest BCUT2D eigenvalue weighted by atomic mass is 15.2. The summed E-state index contributed by atoms with van der Waals surface area (Å²) in [6, 6.07) is 9.74. The van der Waals surface area contributed by atoms with Crippen LogP contribution in [0, 0.1) is 0 Å². The molecule has 1 heteroatoms. The molecule has 0 bridgehead atoms. The largest absolute Gasteiger partial charge is 0.295 e. The van der Waals surface area contributed by atoms with E-state index >= 15 is 0 Å². The van der Waals surface area contributed by atoms with Gasteiger partial charge in [-0.05, 0) is 57.7 Å². The number of nitrogens with zero attached hydrogens (tertiary/aromatic N) is 1. The van der Waals surface area contributed by atoms with Gasteiger partial charge in [-0.15, -0.1) is 0 Å². The average Bonchev–Trinajstić information content (AvgIpc) is 2.37. The predicted octanol–water partition coefficient (Wildman–Crippen LogP) is 4.95. The minimum atomic E-state index is 0.0725. The maximum absolute atomic E-state index is 2.42. The molecule has 0 amide bonds. The summed E-state index contributed by atoms with van der Waals surface area (Å²) < 4.78 is 0. The van der Waals surface area contributed by atoms with E-state index in [1.165, 1.54) is 17.5 Å². The quantitative estimate of drug-likeness (QED) is 0.725. The van der Waals surface area contributed by atoms with Gasteiger partial charge in [0.2, 0.25) is 0 Å². The van der Waals surface area contributed by atoms with Crippen molar-refractivity contribution < 1.29 is 0 Å². The summed E-state index contributed by atoms with van der Waals surface area (Å²) in [6.07, 6.45) is 1.17. The lowest BCUT2D eigenvalue weighted by Gasteiger charge is -2.39. The fraction of sp³-hybridized carbons (Fsp3) is 0.667. The van der Waals surface area contributed by atoms with Crippen LogP contribution >= 0.6 is 0 Å². The van der Waals surface area contributed by atoms with Gasteiger partial charge in [-0.1, -0.05) is 45.0 Å². The van der Waals surface area contributed by atoms with Crippen molar-refractivity contribution in [2.45, 2.75) is 71.9 Å². The highest BCUT2D eigenvalue weighted by Gasteiger charge is 2.28. The Balaban J connectivity index is 3.05. The zero-order valence-electron chi connectivity index (χ0n) is 14.0. The van der Waals surface area contributed by atoms with Gasteiger partial charge in [0.1, 0.15) is 0 Å². The van der Waals surface area contributed by atoms with Crippen molar-refractivity contribution in [1.82, 2.24) is 4.90 Å². The van der Waals surface area contributed by atoms with Crippen molar-refractivity contribution in [2.24, 2.45) is 0 Å². The van der Waals surface area contributed by atoms with Crippen LogP contribution in [0.2, 0.25) is 0 Å². The Labute approximate surface area is 120 Å². The van der Waals surface area contributed by atoms with Crippen molar-refractivity contribution in [1.29, 1.82) is 0 Å². The Hall–Kier alpha value is -0.820. The van der Waals surface area contributed by atoms with E-state index in [-0.39, 0.29) is 11.0 Å². The highest BCUT2D eigenvalue weighted by Crippen LogP contribution is 2.31. The topological polar surface area (TPSA) is 3.24 Å². The molecular weight excluding hydrogens is 230 g/mol. The summed E-state index contributed by atoms with van der Waals surface area (Å²) >= 11 is 0. The van der Waals surface area contributed by atoms with Crippen molar-refractivity contribution in [3.05, 3.63) is 35.4 Å². The third-order valence-electron chi connectivity index (χ3n) is 4.91. The summed E-state index contributed by atoms with van der Waals surface area (Å²) in [5.74, 6) is 0. The first-order chi connectivity index (χ1) is 8.63. The molecule has 0 aliphatic carbocycles. The molecule has 19 heavy (non-hydrogen) atoms. The van der Waals surface area contributed by atoms with Crippen LogP contribution in [0.5, 0.6) is 0 Å². The second kappa shape index (κ2) is 5.66. The highest BCUT2D eigenvalue weighted by molar-refractivity contribution is 5.31. The van der Waals surface area contributed by atoms with Crippen LogP contribution in [0.25, 0.3) is 0 Å². The van der Waals surface area contributed by atoms with Gasteiger partial charge in [-0.25, -0.2) is 0 Å². The van der Waals surface area contributed by atoms with E-state index in [0.29, 0.717) is 6.04 Å². The number of hydrogen-bond donors (Lipinski definition) is 0. The lowest BCUT2D eigenvalue weighted by molar-refractivity contribution is 0.118. The van der Waals surface area contributed by atoms with E-state index in [1.807, 2.05) is 0 Å². The number of hydrogen-bond acceptors (Lipinski definition) is 1. The average molecular weight is 261 g/mol. The zero-order chi connectivity index (χ0) is 14.8. The normalized spacial score (nSPS) is 13.4. The monoisotopic (exact) mass is 261 g/mol. The van der Waals surface area contributed by atoms with Gasteiger partial charge in [0.05, 0.1) is 0 Å². The molecule has 0 spiro atoms. The number of rotatable bonds is 5. The number of benzene rings is 1. The Bertz CT molecular complexity index is 398. The second-order valence-electron chi connectivity index (χ2n) is 7.08. The summed E-state index contributed by atoms with van der Waals surface area (Å²) in [6.45, 7) is 16.0. The van der Waals surface area contributed by atoms with Crippen LogP contribution in [0.4, 0.5) is 0 Å². The molecule has 0 N–H and O–H groups in total. The zero-order valence-corrected chi connectivity index (χ0v) is 14.0. The Morgan fingerprint density at radius 1 is 0.947 bits per heavy atom. The van der Waals surface area contributed by atoms with E-state index < -0.39 is 0 Å². The molecule has 108 valence electrons. The molecule has 0 aliphatic rings. The van der Waals surface area contributed by atoms with E-state index in [9.17, 15) is 0 Å². The van der Waals surface area contributed by atoms with Gasteiger partial charge in [-0.2, -0.15) is 0 Å². The molecule has 0 atom stereocenters. The standard InChI is InChI=1S/C18H31N/c1-9-17(4,5)15-10-12-16(13-11-15)18(6,7)19(8)14(2)3/h10-14H,9H2,1-8H3. The van der Waals surface area contributed by atoms with Crippen LogP contribution in [0.15, 0.2) is 24.3 Å². The Morgan fingerprint density at radius 2 is 1.37 bits per heavy atom. The fourth-order valence-electron chi connectivity index (χ4n) is 2.38. The molecule has 0 saturated heterocycles. The van der Waals surface area contributed by atoms with Crippen molar-refractivity contribution >= 4 is 0 Å². The van der Waals surface area contributed by atoms with Gasteiger partial charge in [0.15, 0.2) is 0 Å². The summed E-state index contributed by atoms with van der Waals surface area (Å²) in [4.78, 5) is 2.42. The molecule has 0 fully saturated rings. The van der Waals surface area contributed by atoms with E-state index in [0.717, 1.165) is 0 Å². The summed E-state index contributed by atoms with van der Waals surface area (Å²) in [7, 11) is 2.20. The van der Waals surface area contributed by atoms with Crippen molar-refractivity contribution in [3.8, 4) is 0 Å². The first-order valence-electron chi connectivity index (χ1n) is 7.47. The molecular formula is C18H31N. The maximum atomic E-state index is 2.42. The molecule has 1 nitrogen and oxygen atoms in total. The summed E-state index contributed by atoms with van der Waals surface area (Å²) in [5.41, 5.74) is 3.16. The van der Waals surface area contributed by atoms with Crippen LogP contribution in [-0.2, 0) is 11.0 Å². The van der Waals surface area contributed by atoms with Gasteiger partial charge < -0.3 is 0 Å². The van der Waals surface area contributed by atoms with Gasteiger partial charge in [-0.3, -0.25) is 4.90 Å². The Kier molecular flexibility index (Phi) is 4.84. The van der Waals surface area contributed by atoms with Gasteiger partial charge >= 0.3 is 0 Å². The lowest BCUT2D eigenvalue weighted by Crippen LogP contribution is -2.42. The fourth-order valence-corrected chi connectivity index (χ4v) is 2.38. The third kappa shape index (κ3) is 3.39. The van der Waals surface area contributed by atoms with Gasteiger partial charge in [0, 0.05) is 11.6 Å². The minimum Gasteiger partial charge on any atom is -0.295 e. The molecule has 1 aromatic rings. The van der Waals surface area contributed by atoms with Gasteiger partial charge in [0.25, 0.3) is 0 Å². The second-order valence-corrected chi connectivity index (χ2v) is 7.08. The predicted molar refractivity (Wildman–Crippen MR) is 85.7 cm³/mol. The van der Waals surface area contributed by atoms with E-state index in [2.05, 4.69) is 84.7 Å². The van der Waals surface area contributed by atoms with E-state index in [4.69, 9.17) is 0 Å². The maximum Gasteiger partial charge on any atom is 0.0404 e. The molecule has 1 rings (SSSR count). The summed E-state index contributed by atoms with van der Waals surface area (Å²) in [5, 5.41) is 0. The van der Waals surface area contributed by atoms with Crippen LogP contribution in [0.1, 0.15) is 66.0 Å². The molecule has 0 unspecified atom stereocenters. The molecule has 0 saturated carbocycles. The van der Waals surface area contributed by atoms with Crippen LogP contribution in [0.3, 0.4) is 0 Å². The van der Waals surface area contributed by atoms with E-state index in [1.54, 1.807) is 0 Å². The smallest absolute Gasteiger partial charge is 0.0404 e. The Morgan fingerprint density at radius 3 is 1.74 bits per heavy atom. The minimum absolute atomic E-state index is 0.0725. The molecule has 0 aromatic heterocycles. The van der Waals surface area contributed by atoms with Crippen LogP contribution in [-0.4, -0.2) is 18.0 Å². The van der Waals surface area contributed by atoms with Crippen molar-refractivity contribution in [2.75, 3.05) is 7.05 Å². The molecule has 0 radical (unpaired) electrons. The first-order valence-corrected chi connectivity index (χ1v) is 7.47. The van der Waals surface area contributed by atoms with Crippen molar-refractivity contribution in [3.63, 3.8) is 0 Å². The lowest BCUT2D eigenvalue weighted by atomic mass is 9.80. The SMILES string of the molecule is CCC(C)(C)c1ccc(C(C)(C)N(C)C(C)C)cc1. The third-order valence-corrected chi connectivity index (χ3v) is 4.91. The molecule has 0 heterocycles.